The van der Waals surface area contributed by atoms with Gasteiger partial charge in [-0.05, 0) is 50.9 Å². The first-order chi connectivity index (χ1) is 12.1. The van der Waals surface area contributed by atoms with E-state index in [4.69, 9.17) is 4.74 Å². The average Bonchev–Trinajstić information content (AvgIpc) is 3.18. The molecule has 2 bridgehead atoms. The summed E-state index contributed by atoms with van der Waals surface area (Å²) >= 11 is 0. The van der Waals surface area contributed by atoms with Crippen LogP contribution in [-0.2, 0) is 9.53 Å². The van der Waals surface area contributed by atoms with Gasteiger partial charge in [-0.15, -0.1) is 0 Å². The molecule has 0 aromatic carbocycles. The highest BCUT2D eigenvalue weighted by Gasteiger charge is 2.51. The maximum Gasteiger partial charge on any atom is 0.310 e. The quantitative estimate of drug-likeness (QED) is 0.596. The molecule has 4 atom stereocenters. The Morgan fingerprint density at radius 1 is 0.960 bits per heavy atom. The van der Waals surface area contributed by atoms with Crippen molar-refractivity contribution < 1.29 is 14.6 Å². The normalized spacial score (nSPS) is 36.7. The lowest BCUT2D eigenvalue weighted by Crippen LogP contribution is -2.49. The molecule has 25 heavy (non-hydrogen) atoms. The van der Waals surface area contributed by atoms with Crippen LogP contribution in [0.5, 0.6) is 0 Å². The van der Waals surface area contributed by atoms with Gasteiger partial charge in [-0.3, -0.25) is 4.79 Å². The van der Waals surface area contributed by atoms with Crippen molar-refractivity contribution in [2.75, 3.05) is 0 Å². The molecule has 3 nitrogen and oxygen atoms in total. The number of aliphatic hydroxyl groups is 1. The number of rotatable bonds is 4. The molecule has 0 aromatic heterocycles. The molecule has 4 unspecified atom stereocenters. The molecule has 0 radical (unpaired) electrons. The van der Waals surface area contributed by atoms with Gasteiger partial charge in [0.25, 0.3) is 0 Å². The summed E-state index contributed by atoms with van der Waals surface area (Å²) in [7, 11) is 0. The minimum absolute atomic E-state index is 0.0144. The number of ether oxygens (including phenoxy) is 1. The predicted molar refractivity (Wildman–Crippen MR) is 97.9 cm³/mol. The van der Waals surface area contributed by atoms with Gasteiger partial charge in [0.2, 0.25) is 0 Å². The standard InChI is InChI=1S/C22H34O3/c1-22(16-8-4-2-5-9-16,17-10-6-3-7-11-17)25-21(24)19-14-15-12-13-18(19)20(15)23/h12-13,15-20,23H,2-11,14H2,1H3. The Hall–Kier alpha value is -0.830. The van der Waals surface area contributed by atoms with Crippen LogP contribution in [0.15, 0.2) is 12.2 Å². The highest BCUT2D eigenvalue weighted by Crippen LogP contribution is 2.48. The summed E-state index contributed by atoms with van der Waals surface area (Å²) in [6.45, 7) is 2.25. The number of carbonyl (C=O) groups is 1. The molecule has 4 rings (SSSR count). The van der Waals surface area contributed by atoms with E-state index in [9.17, 15) is 9.90 Å². The van der Waals surface area contributed by atoms with Crippen LogP contribution in [0.3, 0.4) is 0 Å². The molecule has 0 spiro atoms. The van der Waals surface area contributed by atoms with Gasteiger partial charge in [-0.2, -0.15) is 0 Å². The van der Waals surface area contributed by atoms with Crippen molar-refractivity contribution in [1.82, 2.24) is 0 Å². The van der Waals surface area contributed by atoms with Crippen molar-refractivity contribution in [2.24, 2.45) is 29.6 Å². The van der Waals surface area contributed by atoms with E-state index < -0.39 is 0 Å². The van der Waals surface area contributed by atoms with Crippen LogP contribution < -0.4 is 0 Å². The molecule has 3 saturated carbocycles. The second kappa shape index (κ2) is 7.06. The van der Waals surface area contributed by atoms with Crippen LogP contribution in [0.2, 0.25) is 0 Å². The van der Waals surface area contributed by atoms with Gasteiger partial charge in [0, 0.05) is 11.8 Å². The number of hydrogen-bond donors (Lipinski definition) is 1. The summed E-state index contributed by atoms with van der Waals surface area (Å²) in [6, 6.07) is 0. The number of hydrogen-bond acceptors (Lipinski definition) is 3. The van der Waals surface area contributed by atoms with Gasteiger partial charge >= 0.3 is 5.97 Å². The number of fused-ring (bicyclic) bond motifs is 2. The molecule has 140 valence electrons. The van der Waals surface area contributed by atoms with Crippen LogP contribution in [0, 0.1) is 29.6 Å². The number of aliphatic hydroxyl groups excluding tert-OH is 1. The smallest absolute Gasteiger partial charge is 0.310 e. The van der Waals surface area contributed by atoms with Crippen molar-refractivity contribution in [1.29, 1.82) is 0 Å². The minimum atomic E-state index is -0.367. The fourth-order valence-corrected chi connectivity index (χ4v) is 6.22. The Bertz CT molecular complexity index is 495. The zero-order valence-corrected chi connectivity index (χ0v) is 15.7. The first-order valence-corrected chi connectivity index (χ1v) is 10.7. The van der Waals surface area contributed by atoms with E-state index in [-0.39, 0.29) is 35.4 Å². The Labute approximate surface area is 152 Å². The fraction of sp³-hybridized carbons (Fsp3) is 0.864. The Balaban J connectivity index is 1.51. The van der Waals surface area contributed by atoms with E-state index in [0.29, 0.717) is 11.8 Å². The van der Waals surface area contributed by atoms with Crippen molar-refractivity contribution in [2.45, 2.75) is 89.3 Å². The molecule has 4 aliphatic rings. The summed E-state index contributed by atoms with van der Waals surface area (Å²) in [5.74, 6) is 1.03. The van der Waals surface area contributed by atoms with Crippen LogP contribution in [0.1, 0.15) is 77.6 Å². The van der Waals surface area contributed by atoms with Crippen LogP contribution >= 0.6 is 0 Å². The summed E-state index contributed by atoms with van der Waals surface area (Å²) in [6.07, 6.45) is 17.1. The molecular formula is C22H34O3. The SMILES string of the molecule is CC(OC(=O)C1CC2C=CC1C2O)(C1CCCCC1)C1CCCCC1. The second-order valence-electron chi connectivity index (χ2n) is 9.23. The maximum atomic E-state index is 13.1. The zero-order chi connectivity index (χ0) is 17.4. The monoisotopic (exact) mass is 346 g/mol. The van der Waals surface area contributed by atoms with E-state index in [2.05, 4.69) is 13.0 Å². The van der Waals surface area contributed by atoms with Crippen molar-refractivity contribution in [3.05, 3.63) is 12.2 Å². The number of carbonyl (C=O) groups excluding carboxylic acids is 1. The van der Waals surface area contributed by atoms with Gasteiger partial charge in [0.1, 0.15) is 5.60 Å². The molecule has 0 saturated heterocycles. The van der Waals surface area contributed by atoms with E-state index >= 15 is 0 Å². The summed E-state index contributed by atoms with van der Waals surface area (Å²) in [5.41, 5.74) is -0.297. The van der Waals surface area contributed by atoms with E-state index in [0.717, 1.165) is 6.42 Å². The first kappa shape index (κ1) is 17.6. The van der Waals surface area contributed by atoms with E-state index in [1.54, 1.807) is 0 Å². The third-order valence-electron chi connectivity index (χ3n) is 7.86. The summed E-state index contributed by atoms with van der Waals surface area (Å²) in [4.78, 5) is 13.1. The van der Waals surface area contributed by atoms with Crippen LogP contribution in [0.4, 0.5) is 0 Å². The highest BCUT2D eigenvalue weighted by molar-refractivity contribution is 5.75. The Kier molecular flexibility index (Phi) is 4.96. The Morgan fingerprint density at radius 3 is 1.96 bits per heavy atom. The molecule has 1 N–H and O–H groups in total. The first-order valence-electron chi connectivity index (χ1n) is 10.7. The van der Waals surface area contributed by atoms with Gasteiger partial charge in [-0.1, -0.05) is 50.7 Å². The van der Waals surface area contributed by atoms with E-state index in [1.165, 1.54) is 64.2 Å². The van der Waals surface area contributed by atoms with Crippen molar-refractivity contribution in [3.8, 4) is 0 Å². The van der Waals surface area contributed by atoms with Crippen molar-refractivity contribution >= 4 is 5.97 Å². The van der Waals surface area contributed by atoms with Gasteiger partial charge in [-0.25, -0.2) is 0 Å². The van der Waals surface area contributed by atoms with Gasteiger partial charge < -0.3 is 9.84 Å². The topological polar surface area (TPSA) is 46.5 Å². The predicted octanol–water partition coefficient (Wildman–Crippen LogP) is 4.63. The molecule has 3 heteroatoms. The molecule has 0 aliphatic heterocycles. The maximum absolute atomic E-state index is 13.1. The molecule has 0 amide bonds. The van der Waals surface area contributed by atoms with Crippen LogP contribution in [-0.4, -0.2) is 22.8 Å². The molecule has 4 aliphatic carbocycles. The number of esters is 1. The fourth-order valence-electron chi connectivity index (χ4n) is 6.22. The largest absolute Gasteiger partial charge is 0.459 e. The van der Waals surface area contributed by atoms with Crippen LogP contribution in [0.25, 0.3) is 0 Å². The summed E-state index contributed by atoms with van der Waals surface area (Å²) < 4.78 is 6.42. The second-order valence-corrected chi connectivity index (χ2v) is 9.23. The third-order valence-corrected chi connectivity index (χ3v) is 7.86. The highest BCUT2D eigenvalue weighted by atomic mass is 16.6. The lowest BCUT2D eigenvalue weighted by Gasteiger charge is -2.46. The lowest BCUT2D eigenvalue weighted by atomic mass is 9.67. The van der Waals surface area contributed by atoms with Crippen molar-refractivity contribution in [3.63, 3.8) is 0 Å². The zero-order valence-electron chi connectivity index (χ0n) is 15.7. The van der Waals surface area contributed by atoms with Gasteiger partial charge in [0.15, 0.2) is 0 Å². The molecule has 3 fully saturated rings. The lowest BCUT2D eigenvalue weighted by molar-refractivity contribution is -0.182. The van der Waals surface area contributed by atoms with Gasteiger partial charge in [0.05, 0.1) is 12.0 Å². The minimum Gasteiger partial charge on any atom is -0.459 e. The molecule has 0 heterocycles. The summed E-state index contributed by atoms with van der Waals surface area (Å²) in [5, 5.41) is 10.3. The Morgan fingerprint density at radius 2 is 1.52 bits per heavy atom. The molecule has 0 aromatic rings. The average molecular weight is 347 g/mol. The molecular weight excluding hydrogens is 312 g/mol. The third kappa shape index (κ3) is 3.18. The van der Waals surface area contributed by atoms with E-state index in [1.807, 2.05) is 6.08 Å².